The molecule has 4 unspecified atom stereocenters. The zero-order valence-corrected chi connectivity index (χ0v) is 12.2. The number of rotatable bonds is 6. The third kappa shape index (κ3) is 5.36. The van der Waals surface area contributed by atoms with E-state index in [0.29, 0.717) is 24.3 Å². The first-order valence-corrected chi connectivity index (χ1v) is 7.15. The smallest absolute Gasteiger partial charge is 0.0678 e. The van der Waals surface area contributed by atoms with Crippen LogP contribution in [0.1, 0.15) is 47.5 Å². The van der Waals surface area contributed by atoms with E-state index in [1.165, 1.54) is 12.8 Å². The number of morpholine rings is 1. The predicted octanol–water partition coefficient (Wildman–Crippen LogP) is 2.26. The Bertz CT molecular complexity index is 200. The fourth-order valence-electron chi connectivity index (χ4n) is 2.71. The fraction of sp³-hybridized carbons (Fsp3) is 1.00. The lowest BCUT2D eigenvalue weighted by Crippen LogP contribution is -2.50. The molecule has 1 saturated heterocycles. The monoisotopic (exact) mass is 242 g/mol. The van der Waals surface area contributed by atoms with Gasteiger partial charge in [-0.05, 0) is 47.1 Å². The topological polar surface area (TPSA) is 24.5 Å². The van der Waals surface area contributed by atoms with Gasteiger partial charge in [0.1, 0.15) is 0 Å². The average molecular weight is 242 g/mol. The van der Waals surface area contributed by atoms with Crippen LogP contribution in [0.2, 0.25) is 0 Å². The summed E-state index contributed by atoms with van der Waals surface area (Å²) in [6.45, 7) is 14.5. The van der Waals surface area contributed by atoms with Gasteiger partial charge in [0.25, 0.3) is 0 Å². The Balaban J connectivity index is 2.33. The van der Waals surface area contributed by atoms with Gasteiger partial charge in [0, 0.05) is 25.2 Å². The molecule has 1 heterocycles. The molecular formula is C14H30N2O. The molecule has 102 valence electrons. The van der Waals surface area contributed by atoms with Crippen molar-refractivity contribution in [2.24, 2.45) is 0 Å². The van der Waals surface area contributed by atoms with Crippen LogP contribution in [0.4, 0.5) is 0 Å². The van der Waals surface area contributed by atoms with Crippen LogP contribution < -0.4 is 5.32 Å². The summed E-state index contributed by atoms with van der Waals surface area (Å²) >= 11 is 0. The lowest BCUT2D eigenvalue weighted by molar-refractivity contribution is -0.0798. The summed E-state index contributed by atoms with van der Waals surface area (Å²) in [5, 5.41) is 3.57. The largest absolute Gasteiger partial charge is 0.373 e. The zero-order valence-electron chi connectivity index (χ0n) is 12.2. The van der Waals surface area contributed by atoms with Crippen molar-refractivity contribution in [2.75, 3.05) is 19.6 Å². The number of nitrogens with one attached hydrogen (secondary N) is 1. The summed E-state index contributed by atoms with van der Waals surface area (Å²) in [7, 11) is 0. The molecule has 1 aliphatic rings. The van der Waals surface area contributed by atoms with Gasteiger partial charge in [-0.3, -0.25) is 4.90 Å². The van der Waals surface area contributed by atoms with Crippen molar-refractivity contribution in [1.29, 1.82) is 0 Å². The van der Waals surface area contributed by atoms with E-state index < -0.39 is 0 Å². The van der Waals surface area contributed by atoms with Gasteiger partial charge >= 0.3 is 0 Å². The highest BCUT2D eigenvalue weighted by Crippen LogP contribution is 2.16. The van der Waals surface area contributed by atoms with Crippen molar-refractivity contribution in [3.63, 3.8) is 0 Å². The second-order valence-corrected chi connectivity index (χ2v) is 5.65. The van der Waals surface area contributed by atoms with E-state index in [9.17, 15) is 0 Å². The molecular weight excluding hydrogens is 212 g/mol. The Morgan fingerprint density at radius 2 is 1.82 bits per heavy atom. The molecule has 0 amide bonds. The number of hydrogen-bond donors (Lipinski definition) is 1. The maximum Gasteiger partial charge on any atom is 0.0678 e. The Kier molecular flexibility index (Phi) is 6.45. The van der Waals surface area contributed by atoms with Gasteiger partial charge in [0.15, 0.2) is 0 Å². The lowest BCUT2D eigenvalue weighted by atomic mass is 10.1. The molecule has 0 aliphatic carbocycles. The third-order valence-corrected chi connectivity index (χ3v) is 3.51. The Labute approximate surface area is 107 Å². The highest BCUT2D eigenvalue weighted by atomic mass is 16.5. The quantitative estimate of drug-likeness (QED) is 0.773. The molecule has 0 radical (unpaired) electrons. The SMILES string of the molecule is CCCNC(C)CC(C)N1CC(C)OC(C)C1. The van der Waals surface area contributed by atoms with Gasteiger partial charge in [-0.1, -0.05) is 6.92 Å². The average Bonchev–Trinajstić information content (AvgIpc) is 2.25. The first-order valence-electron chi connectivity index (χ1n) is 7.15. The van der Waals surface area contributed by atoms with Crippen LogP contribution in [0.25, 0.3) is 0 Å². The molecule has 0 bridgehead atoms. The maximum absolute atomic E-state index is 5.78. The van der Waals surface area contributed by atoms with Crippen molar-refractivity contribution in [1.82, 2.24) is 10.2 Å². The fourth-order valence-corrected chi connectivity index (χ4v) is 2.71. The molecule has 1 aliphatic heterocycles. The van der Waals surface area contributed by atoms with Crippen LogP contribution >= 0.6 is 0 Å². The molecule has 3 nitrogen and oxygen atoms in total. The van der Waals surface area contributed by atoms with Crippen LogP contribution in [-0.4, -0.2) is 48.8 Å². The normalized spacial score (nSPS) is 30.2. The van der Waals surface area contributed by atoms with Crippen LogP contribution in [0.5, 0.6) is 0 Å². The summed E-state index contributed by atoms with van der Waals surface area (Å²) in [6.07, 6.45) is 3.18. The lowest BCUT2D eigenvalue weighted by Gasteiger charge is -2.39. The summed E-state index contributed by atoms with van der Waals surface area (Å²) < 4.78 is 5.78. The number of nitrogens with zero attached hydrogens (tertiary/aromatic N) is 1. The van der Waals surface area contributed by atoms with Crippen molar-refractivity contribution >= 4 is 0 Å². The molecule has 0 aromatic carbocycles. The molecule has 1 N–H and O–H groups in total. The first kappa shape index (κ1) is 14.9. The van der Waals surface area contributed by atoms with E-state index in [1.807, 2.05) is 0 Å². The molecule has 0 aromatic rings. The van der Waals surface area contributed by atoms with Crippen LogP contribution in [-0.2, 0) is 4.74 Å². The Morgan fingerprint density at radius 1 is 1.24 bits per heavy atom. The van der Waals surface area contributed by atoms with Crippen molar-refractivity contribution in [2.45, 2.75) is 71.8 Å². The number of ether oxygens (including phenoxy) is 1. The highest BCUT2D eigenvalue weighted by molar-refractivity contribution is 4.79. The minimum Gasteiger partial charge on any atom is -0.373 e. The van der Waals surface area contributed by atoms with Crippen LogP contribution in [0.15, 0.2) is 0 Å². The molecule has 0 spiro atoms. The molecule has 0 aromatic heterocycles. The zero-order chi connectivity index (χ0) is 12.8. The molecule has 1 fully saturated rings. The second kappa shape index (κ2) is 7.34. The molecule has 0 saturated carbocycles. The molecule has 17 heavy (non-hydrogen) atoms. The second-order valence-electron chi connectivity index (χ2n) is 5.65. The van der Waals surface area contributed by atoms with Gasteiger partial charge in [0.05, 0.1) is 12.2 Å². The summed E-state index contributed by atoms with van der Waals surface area (Å²) in [4.78, 5) is 2.57. The minimum absolute atomic E-state index is 0.375. The van der Waals surface area contributed by atoms with Crippen molar-refractivity contribution < 1.29 is 4.74 Å². The van der Waals surface area contributed by atoms with Crippen LogP contribution in [0, 0.1) is 0 Å². The van der Waals surface area contributed by atoms with E-state index in [1.54, 1.807) is 0 Å². The van der Waals surface area contributed by atoms with E-state index in [-0.39, 0.29) is 0 Å². The first-order chi connectivity index (χ1) is 8.02. The molecule has 3 heteroatoms. The van der Waals surface area contributed by atoms with Crippen molar-refractivity contribution in [3.8, 4) is 0 Å². The van der Waals surface area contributed by atoms with Gasteiger partial charge in [-0.2, -0.15) is 0 Å². The Morgan fingerprint density at radius 3 is 2.35 bits per heavy atom. The highest BCUT2D eigenvalue weighted by Gasteiger charge is 2.26. The van der Waals surface area contributed by atoms with E-state index in [4.69, 9.17) is 4.74 Å². The standard InChI is InChI=1S/C14H30N2O/c1-6-7-15-11(2)8-12(3)16-9-13(4)17-14(5)10-16/h11-15H,6-10H2,1-5H3. The van der Waals surface area contributed by atoms with Gasteiger partial charge < -0.3 is 10.1 Å². The number of hydrogen-bond acceptors (Lipinski definition) is 3. The third-order valence-electron chi connectivity index (χ3n) is 3.51. The summed E-state index contributed by atoms with van der Waals surface area (Å²) in [5.74, 6) is 0. The van der Waals surface area contributed by atoms with E-state index in [0.717, 1.165) is 19.6 Å². The van der Waals surface area contributed by atoms with Crippen LogP contribution in [0.3, 0.4) is 0 Å². The summed E-state index contributed by atoms with van der Waals surface area (Å²) in [6, 6.07) is 1.25. The summed E-state index contributed by atoms with van der Waals surface area (Å²) in [5.41, 5.74) is 0. The molecule has 1 rings (SSSR count). The van der Waals surface area contributed by atoms with Crippen molar-refractivity contribution in [3.05, 3.63) is 0 Å². The predicted molar refractivity (Wildman–Crippen MR) is 73.4 cm³/mol. The molecule has 4 atom stereocenters. The maximum atomic E-state index is 5.78. The van der Waals surface area contributed by atoms with Gasteiger partial charge in [-0.25, -0.2) is 0 Å². The Hall–Kier alpha value is -0.120. The van der Waals surface area contributed by atoms with Gasteiger partial charge in [-0.15, -0.1) is 0 Å². The minimum atomic E-state index is 0.375. The van der Waals surface area contributed by atoms with E-state index >= 15 is 0 Å². The van der Waals surface area contributed by atoms with E-state index in [2.05, 4.69) is 44.8 Å². The van der Waals surface area contributed by atoms with Gasteiger partial charge in [0.2, 0.25) is 0 Å².